The van der Waals surface area contributed by atoms with Gasteiger partial charge in [-0.2, -0.15) is 5.10 Å². The van der Waals surface area contributed by atoms with Gasteiger partial charge in [-0.15, -0.1) is 0 Å². The van der Waals surface area contributed by atoms with E-state index < -0.39 is 11.8 Å². The van der Waals surface area contributed by atoms with E-state index in [1.807, 2.05) is 24.4 Å². The first-order chi connectivity index (χ1) is 14.9. The van der Waals surface area contributed by atoms with E-state index in [1.54, 1.807) is 15.3 Å². The van der Waals surface area contributed by atoms with Crippen LogP contribution in [0.15, 0.2) is 36.8 Å². The van der Waals surface area contributed by atoms with Crippen LogP contribution in [0.2, 0.25) is 0 Å². The highest BCUT2D eigenvalue weighted by atomic mass is 19.3. The number of imidazole rings is 2. The van der Waals surface area contributed by atoms with E-state index in [-0.39, 0.29) is 18.9 Å². The summed E-state index contributed by atoms with van der Waals surface area (Å²) in [4.78, 5) is 20.8. The molecule has 158 valence electrons. The van der Waals surface area contributed by atoms with Crippen molar-refractivity contribution in [3.63, 3.8) is 0 Å². The predicted octanol–water partition coefficient (Wildman–Crippen LogP) is 3.08. The third-order valence-electron chi connectivity index (χ3n) is 6.15. The van der Waals surface area contributed by atoms with Crippen molar-refractivity contribution in [1.82, 2.24) is 28.7 Å². The Morgan fingerprint density at radius 1 is 1.23 bits per heavy atom. The van der Waals surface area contributed by atoms with Gasteiger partial charge in [0.2, 0.25) is 0 Å². The maximum atomic E-state index is 13.3. The number of carbonyl (C=O) groups excluding carboxylic acids is 1. The number of carbonyl (C=O) groups is 1. The fourth-order valence-electron chi connectivity index (χ4n) is 4.58. The standard InChI is InChI=1S/C21H19F2N7O/c22-21(23)8-13(9-21)30-7-5-14(27-30)18-19(28-6-1-2-17(28)26-18)12-3-4-16-25-10-15(20(24)31)29(16)11-12/h3-5,7,10-11,13H,1-2,6,8-9H2,(H2,24,31). The van der Waals surface area contributed by atoms with Gasteiger partial charge in [-0.05, 0) is 24.6 Å². The Hall–Kier alpha value is -3.56. The third-order valence-corrected chi connectivity index (χ3v) is 6.15. The number of amides is 1. The minimum Gasteiger partial charge on any atom is -0.364 e. The number of nitrogens with zero attached hydrogens (tertiary/aromatic N) is 6. The SMILES string of the molecule is NC(=O)c1cnc2ccc(-c3c(-c4ccn(C5CC(F)(F)C5)n4)nc4n3CCC4)cn12. The van der Waals surface area contributed by atoms with Gasteiger partial charge in [0.1, 0.15) is 28.6 Å². The van der Waals surface area contributed by atoms with Crippen LogP contribution in [-0.2, 0) is 13.0 Å². The van der Waals surface area contributed by atoms with Gasteiger partial charge in [0.05, 0.1) is 17.9 Å². The summed E-state index contributed by atoms with van der Waals surface area (Å²) in [5.41, 5.74) is 9.51. The molecule has 8 nitrogen and oxygen atoms in total. The molecule has 1 fully saturated rings. The van der Waals surface area contributed by atoms with Gasteiger partial charge in [-0.3, -0.25) is 13.9 Å². The number of pyridine rings is 1. The Kier molecular flexibility index (Phi) is 3.66. The molecule has 1 aliphatic heterocycles. The molecule has 2 aliphatic rings. The number of hydrogen-bond donors (Lipinski definition) is 1. The van der Waals surface area contributed by atoms with E-state index in [0.29, 0.717) is 22.7 Å². The Bertz CT molecular complexity index is 1340. The van der Waals surface area contributed by atoms with Crippen molar-refractivity contribution in [2.45, 2.75) is 44.2 Å². The van der Waals surface area contributed by atoms with Crippen LogP contribution in [-0.4, -0.2) is 40.5 Å². The van der Waals surface area contributed by atoms with Crippen molar-refractivity contribution in [3.05, 3.63) is 48.3 Å². The molecule has 6 rings (SSSR count). The molecule has 0 saturated heterocycles. The van der Waals surface area contributed by atoms with Crippen molar-refractivity contribution in [2.75, 3.05) is 0 Å². The fraction of sp³-hybridized carbons (Fsp3) is 0.333. The molecule has 0 aromatic carbocycles. The van der Waals surface area contributed by atoms with E-state index in [9.17, 15) is 13.6 Å². The average molecular weight is 423 g/mol. The zero-order valence-electron chi connectivity index (χ0n) is 16.5. The molecule has 0 spiro atoms. The van der Waals surface area contributed by atoms with E-state index in [1.165, 1.54) is 6.20 Å². The third kappa shape index (κ3) is 2.77. The van der Waals surface area contributed by atoms with Crippen LogP contribution in [0.5, 0.6) is 0 Å². The van der Waals surface area contributed by atoms with Crippen molar-refractivity contribution in [3.8, 4) is 22.6 Å². The quantitative estimate of drug-likeness (QED) is 0.546. The molecule has 4 aromatic heterocycles. The van der Waals surface area contributed by atoms with Crippen LogP contribution < -0.4 is 5.73 Å². The molecule has 4 aromatic rings. The number of nitrogens with two attached hydrogens (primary N) is 1. The van der Waals surface area contributed by atoms with E-state index in [4.69, 9.17) is 10.7 Å². The second kappa shape index (κ2) is 6.22. The maximum absolute atomic E-state index is 13.3. The molecule has 0 unspecified atom stereocenters. The zero-order valence-corrected chi connectivity index (χ0v) is 16.5. The minimum absolute atomic E-state index is 0.187. The monoisotopic (exact) mass is 423 g/mol. The highest BCUT2D eigenvalue weighted by Crippen LogP contribution is 2.45. The summed E-state index contributed by atoms with van der Waals surface area (Å²) in [6.07, 6.45) is 6.52. The van der Waals surface area contributed by atoms with Gasteiger partial charge < -0.3 is 10.3 Å². The van der Waals surface area contributed by atoms with Crippen LogP contribution in [0.25, 0.3) is 28.3 Å². The molecule has 2 N–H and O–H groups in total. The number of primary amides is 1. The smallest absolute Gasteiger partial charge is 0.267 e. The second-order valence-electron chi connectivity index (χ2n) is 8.23. The van der Waals surface area contributed by atoms with Gasteiger partial charge in [-0.1, -0.05) is 0 Å². The molecule has 1 amide bonds. The molecule has 1 saturated carbocycles. The maximum Gasteiger partial charge on any atom is 0.267 e. The van der Waals surface area contributed by atoms with Crippen molar-refractivity contribution < 1.29 is 13.6 Å². The lowest BCUT2D eigenvalue weighted by molar-refractivity contribution is -0.106. The lowest BCUT2D eigenvalue weighted by Gasteiger charge is -2.34. The Balaban J connectivity index is 1.46. The lowest BCUT2D eigenvalue weighted by atomic mass is 9.88. The van der Waals surface area contributed by atoms with Crippen LogP contribution in [0, 0.1) is 0 Å². The molecule has 0 radical (unpaired) electrons. The van der Waals surface area contributed by atoms with Gasteiger partial charge in [0, 0.05) is 43.8 Å². The Morgan fingerprint density at radius 2 is 2.06 bits per heavy atom. The Morgan fingerprint density at radius 3 is 2.84 bits per heavy atom. The topological polar surface area (TPSA) is 96.0 Å². The number of halogens is 2. The molecule has 5 heterocycles. The molecule has 0 bridgehead atoms. The number of hydrogen-bond acceptors (Lipinski definition) is 4. The van der Waals surface area contributed by atoms with Crippen LogP contribution in [0.4, 0.5) is 8.78 Å². The van der Waals surface area contributed by atoms with Crippen LogP contribution in [0.1, 0.15) is 41.6 Å². The first-order valence-corrected chi connectivity index (χ1v) is 10.2. The fourth-order valence-corrected chi connectivity index (χ4v) is 4.58. The highest BCUT2D eigenvalue weighted by molar-refractivity contribution is 5.92. The molecular weight excluding hydrogens is 404 g/mol. The summed E-state index contributed by atoms with van der Waals surface area (Å²) < 4.78 is 32.0. The van der Waals surface area contributed by atoms with Crippen LogP contribution in [0.3, 0.4) is 0 Å². The zero-order chi connectivity index (χ0) is 21.3. The van der Waals surface area contributed by atoms with Crippen LogP contribution >= 0.6 is 0 Å². The first kappa shape index (κ1) is 18.2. The van der Waals surface area contributed by atoms with E-state index >= 15 is 0 Å². The summed E-state index contributed by atoms with van der Waals surface area (Å²) in [6.45, 7) is 0.831. The Labute approximate surface area is 175 Å². The van der Waals surface area contributed by atoms with Crippen molar-refractivity contribution in [2.24, 2.45) is 5.73 Å². The molecule has 1 aliphatic carbocycles. The van der Waals surface area contributed by atoms with Gasteiger partial charge in [0.25, 0.3) is 11.8 Å². The van der Waals surface area contributed by atoms with Gasteiger partial charge in [0.15, 0.2) is 0 Å². The predicted molar refractivity (Wildman–Crippen MR) is 108 cm³/mol. The largest absolute Gasteiger partial charge is 0.364 e. The van der Waals surface area contributed by atoms with Gasteiger partial charge >= 0.3 is 0 Å². The average Bonchev–Trinajstić information content (AvgIpc) is 3.46. The van der Waals surface area contributed by atoms with Crippen molar-refractivity contribution >= 4 is 11.6 Å². The highest BCUT2D eigenvalue weighted by Gasteiger charge is 2.46. The summed E-state index contributed by atoms with van der Waals surface area (Å²) >= 11 is 0. The summed E-state index contributed by atoms with van der Waals surface area (Å²) in [5, 5.41) is 4.58. The van der Waals surface area contributed by atoms with Gasteiger partial charge in [-0.25, -0.2) is 18.7 Å². The number of fused-ring (bicyclic) bond motifs is 2. The molecule has 10 heteroatoms. The normalized spacial score (nSPS) is 17.7. The first-order valence-electron chi connectivity index (χ1n) is 10.2. The van der Waals surface area contributed by atoms with E-state index in [2.05, 4.69) is 14.6 Å². The summed E-state index contributed by atoms with van der Waals surface area (Å²) in [5.74, 6) is -2.19. The number of aryl methyl sites for hydroxylation is 1. The molecule has 31 heavy (non-hydrogen) atoms. The summed E-state index contributed by atoms with van der Waals surface area (Å²) in [6, 6.07) is 5.29. The number of aromatic nitrogens is 6. The summed E-state index contributed by atoms with van der Waals surface area (Å²) in [7, 11) is 0. The number of alkyl halides is 2. The molecule has 0 atom stereocenters. The number of rotatable bonds is 4. The van der Waals surface area contributed by atoms with Crippen molar-refractivity contribution in [1.29, 1.82) is 0 Å². The minimum atomic E-state index is -2.60. The van der Waals surface area contributed by atoms with E-state index in [0.717, 1.165) is 36.5 Å². The molecular formula is C21H19F2N7O. The lowest BCUT2D eigenvalue weighted by Crippen LogP contribution is -2.37. The second-order valence-corrected chi connectivity index (χ2v) is 8.23.